The van der Waals surface area contributed by atoms with Crippen LogP contribution in [0.15, 0.2) is 23.1 Å². The van der Waals surface area contributed by atoms with Crippen molar-refractivity contribution in [2.24, 2.45) is 5.73 Å². The highest BCUT2D eigenvalue weighted by Gasteiger charge is 2.32. The second-order valence-corrected chi connectivity index (χ2v) is 7.46. The Bertz CT molecular complexity index is 527. The lowest BCUT2D eigenvalue weighted by Gasteiger charge is -2.46. The van der Waals surface area contributed by atoms with Gasteiger partial charge in [-0.1, -0.05) is 13.0 Å². The van der Waals surface area contributed by atoms with Gasteiger partial charge in [-0.3, -0.25) is 10.3 Å². The largest absolute Gasteiger partial charge is 0.384 e. The molecule has 0 spiro atoms. The Kier molecular flexibility index (Phi) is 4.84. The van der Waals surface area contributed by atoms with E-state index >= 15 is 0 Å². The van der Waals surface area contributed by atoms with E-state index in [9.17, 15) is 0 Å². The molecule has 3 N–H and O–H groups in total. The number of thioether (sulfide) groups is 1. The van der Waals surface area contributed by atoms with Crippen LogP contribution in [0.2, 0.25) is 0 Å². The fourth-order valence-corrected chi connectivity index (χ4v) is 3.62. The molecule has 0 saturated carbocycles. The predicted octanol–water partition coefficient (Wildman–Crippen LogP) is 2.61. The molecule has 0 atom stereocenters. The van der Waals surface area contributed by atoms with Crippen LogP contribution in [0, 0.1) is 5.41 Å². The lowest BCUT2D eigenvalue weighted by molar-refractivity contribution is 0.139. The van der Waals surface area contributed by atoms with E-state index < -0.39 is 0 Å². The second kappa shape index (κ2) is 6.28. The summed E-state index contributed by atoms with van der Waals surface area (Å²) in [5, 5.41) is 7.98. The molecule has 0 amide bonds. The molecule has 21 heavy (non-hydrogen) atoms. The van der Waals surface area contributed by atoms with E-state index in [1.807, 2.05) is 0 Å². The van der Waals surface area contributed by atoms with Gasteiger partial charge in [-0.05, 0) is 38.8 Å². The average molecular weight is 306 g/mol. The third kappa shape index (κ3) is 3.35. The van der Waals surface area contributed by atoms with Crippen molar-refractivity contribution in [1.82, 2.24) is 4.90 Å². The first kappa shape index (κ1) is 16.2. The highest BCUT2D eigenvalue weighted by molar-refractivity contribution is 7.99. The monoisotopic (exact) mass is 306 g/mol. The molecule has 0 aliphatic carbocycles. The maximum atomic E-state index is 7.98. The van der Waals surface area contributed by atoms with E-state index in [1.165, 1.54) is 0 Å². The first-order valence-corrected chi connectivity index (χ1v) is 8.41. The van der Waals surface area contributed by atoms with Gasteiger partial charge in [0.05, 0.1) is 5.56 Å². The molecule has 0 unspecified atom stereocenters. The van der Waals surface area contributed by atoms with Crippen LogP contribution in [-0.4, -0.2) is 48.7 Å². The molecule has 0 bridgehead atoms. The molecular weight excluding hydrogens is 280 g/mol. The lowest BCUT2D eigenvalue weighted by Crippen LogP contribution is -2.58. The molecule has 2 rings (SSSR count). The topological polar surface area (TPSA) is 56.4 Å². The summed E-state index contributed by atoms with van der Waals surface area (Å²) in [5.74, 6) is 1.15. The SMILES string of the molecule is CCSc1cccc(N2CCN(C)C(C)(C)C2)c1C(=N)N. The molecule has 5 heteroatoms. The number of hydrogen-bond acceptors (Lipinski definition) is 4. The standard InChI is InChI=1S/C16H26N4S/c1-5-21-13-8-6-7-12(14(13)15(17)18)20-10-9-19(4)16(2,3)11-20/h6-8H,5,9-11H2,1-4H3,(H3,17,18). The number of rotatable bonds is 4. The Morgan fingerprint density at radius 2 is 2.10 bits per heavy atom. The number of nitrogens with two attached hydrogens (primary N) is 1. The van der Waals surface area contributed by atoms with Gasteiger partial charge in [-0.15, -0.1) is 11.8 Å². The number of piperazine rings is 1. The van der Waals surface area contributed by atoms with Crippen LogP contribution in [0.1, 0.15) is 26.3 Å². The van der Waals surface area contributed by atoms with Gasteiger partial charge in [0.1, 0.15) is 5.84 Å². The van der Waals surface area contributed by atoms with Crippen molar-refractivity contribution in [3.05, 3.63) is 23.8 Å². The maximum absolute atomic E-state index is 7.98. The van der Waals surface area contributed by atoms with Crippen LogP contribution in [0.25, 0.3) is 0 Å². The van der Waals surface area contributed by atoms with E-state index in [0.717, 1.165) is 41.5 Å². The number of benzene rings is 1. The zero-order valence-corrected chi connectivity index (χ0v) is 14.3. The molecule has 1 fully saturated rings. The van der Waals surface area contributed by atoms with Crippen molar-refractivity contribution < 1.29 is 0 Å². The molecule has 1 aromatic carbocycles. The molecule has 1 heterocycles. The third-order valence-electron chi connectivity index (χ3n) is 4.23. The maximum Gasteiger partial charge on any atom is 0.126 e. The summed E-state index contributed by atoms with van der Waals surface area (Å²) in [5.41, 5.74) is 8.00. The number of amidine groups is 1. The number of hydrogen-bond donors (Lipinski definition) is 2. The normalized spacial score (nSPS) is 18.8. The highest BCUT2D eigenvalue weighted by Crippen LogP contribution is 2.33. The molecule has 1 saturated heterocycles. The zero-order chi connectivity index (χ0) is 15.6. The zero-order valence-electron chi connectivity index (χ0n) is 13.4. The van der Waals surface area contributed by atoms with Gasteiger partial charge in [-0.2, -0.15) is 0 Å². The second-order valence-electron chi connectivity index (χ2n) is 6.15. The minimum Gasteiger partial charge on any atom is -0.384 e. The van der Waals surface area contributed by atoms with Crippen LogP contribution in [-0.2, 0) is 0 Å². The van der Waals surface area contributed by atoms with Crippen molar-refractivity contribution in [3.8, 4) is 0 Å². The smallest absolute Gasteiger partial charge is 0.126 e. The van der Waals surface area contributed by atoms with Crippen LogP contribution < -0.4 is 10.6 Å². The first-order chi connectivity index (χ1) is 9.86. The number of nitrogens with one attached hydrogen (secondary N) is 1. The molecule has 4 nitrogen and oxygen atoms in total. The summed E-state index contributed by atoms with van der Waals surface area (Å²) in [4.78, 5) is 5.87. The predicted molar refractivity (Wildman–Crippen MR) is 92.8 cm³/mol. The minimum absolute atomic E-state index is 0.125. The fraction of sp³-hybridized carbons (Fsp3) is 0.562. The Labute approximate surface area is 132 Å². The van der Waals surface area contributed by atoms with Crippen LogP contribution in [0.3, 0.4) is 0 Å². The lowest BCUT2D eigenvalue weighted by atomic mass is 9.98. The molecule has 116 valence electrons. The number of nitrogens with zero attached hydrogens (tertiary/aromatic N) is 2. The molecule has 0 radical (unpaired) electrons. The Hall–Kier alpha value is -1.20. The summed E-state index contributed by atoms with van der Waals surface area (Å²) in [6.07, 6.45) is 0. The summed E-state index contributed by atoms with van der Waals surface area (Å²) in [6.45, 7) is 9.59. The first-order valence-electron chi connectivity index (χ1n) is 7.43. The van der Waals surface area contributed by atoms with Gasteiger partial charge in [-0.25, -0.2) is 0 Å². The molecule has 1 aliphatic heterocycles. The summed E-state index contributed by atoms with van der Waals surface area (Å²) >= 11 is 1.75. The van der Waals surface area contributed by atoms with Crippen molar-refractivity contribution in [1.29, 1.82) is 5.41 Å². The summed E-state index contributed by atoms with van der Waals surface area (Å²) in [7, 11) is 2.17. The molecule has 1 aliphatic rings. The highest BCUT2D eigenvalue weighted by atomic mass is 32.2. The van der Waals surface area contributed by atoms with Crippen LogP contribution in [0.5, 0.6) is 0 Å². The summed E-state index contributed by atoms with van der Waals surface area (Å²) < 4.78 is 0. The van der Waals surface area contributed by atoms with E-state index in [0.29, 0.717) is 0 Å². The minimum atomic E-state index is 0.125. The van der Waals surface area contributed by atoms with Crippen LogP contribution >= 0.6 is 11.8 Å². The molecule has 1 aromatic rings. The van der Waals surface area contributed by atoms with Gasteiger partial charge in [0.15, 0.2) is 0 Å². The van der Waals surface area contributed by atoms with E-state index in [4.69, 9.17) is 11.1 Å². The van der Waals surface area contributed by atoms with Crippen LogP contribution in [0.4, 0.5) is 5.69 Å². The number of likely N-dealkylation sites (N-methyl/N-ethyl adjacent to an activating group) is 1. The molecule has 0 aromatic heterocycles. The number of nitrogen functional groups attached to an aromatic ring is 1. The van der Waals surface area contributed by atoms with Crippen molar-refractivity contribution in [3.63, 3.8) is 0 Å². The Morgan fingerprint density at radius 1 is 1.38 bits per heavy atom. The fourth-order valence-electron chi connectivity index (χ4n) is 2.78. The van der Waals surface area contributed by atoms with Crippen molar-refractivity contribution >= 4 is 23.3 Å². The van der Waals surface area contributed by atoms with Crippen molar-refractivity contribution in [2.75, 3.05) is 37.3 Å². The van der Waals surface area contributed by atoms with Gasteiger partial charge < -0.3 is 10.6 Å². The van der Waals surface area contributed by atoms with Crippen molar-refractivity contribution in [2.45, 2.75) is 31.2 Å². The van der Waals surface area contributed by atoms with E-state index in [1.54, 1.807) is 11.8 Å². The van der Waals surface area contributed by atoms with Gasteiger partial charge in [0.25, 0.3) is 0 Å². The van der Waals surface area contributed by atoms with Gasteiger partial charge in [0.2, 0.25) is 0 Å². The van der Waals surface area contributed by atoms with Gasteiger partial charge >= 0.3 is 0 Å². The Morgan fingerprint density at radius 3 is 2.67 bits per heavy atom. The average Bonchev–Trinajstić information content (AvgIpc) is 2.41. The van der Waals surface area contributed by atoms with E-state index in [2.05, 4.69) is 55.8 Å². The van der Waals surface area contributed by atoms with E-state index in [-0.39, 0.29) is 11.4 Å². The quantitative estimate of drug-likeness (QED) is 0.510. The molecular formula is C16H26N4S. The van der Waals surface area contributed by atoms with Gasteiger partial charge in [0, 0.05) is 35.8 Å². The number of anilines is 1. The summed E-state index contributed by atoms with van der Waals surface area (Å²) in [6, 6.07) is 6.23. The Balaban J connectivity index is 2.39. The third-order valence-corrected chi connectivity index (χ3v) is 5.17.